The number of nitrogens with zero attached hydrogens (tertiary/aromatic N) is 2. The van der Waals surface area contributed by atoms with Crippen LogP contribution in [0, 0.1) is 6.92 Å². The van der Waals surface area contributed by atoms with Gasteiger partial charge in [-0.05, 0) is 51.1 Å². The molecular formula is C20H21N3O3S. The van der Waals surface area contributed by atoms with Crippen LogP contribution in [0.5, 0.6) is 0 Å². The standard InChI is InChI=1S/C20H21N3O3S/c1-14(2)27(25,26)18-11-7-8-16(13-18)20(24)21-19-12-15(3)22-23(19)17-9-5-4-6-10-17/h4-14H,1-3H3,(H,21,24). The maximum absolute atomic E-state index is 12.7. The predicted octanol–water partition coefficient (Wildman–Crippen LogP) is 3.62. The zero-order chi connectivity index (χ0) is 19.6. The molecule has 6 nitrogen and oxygen atoms in total. The summed E-state index contributed by atoms with van der Waals surface area (Å²) in [4.78, 5) is 12.8. The molecule has 1 N–H and O–H groups in total. The van der Waals surface area contributed by atoms with Crippen LogP contribution in [0.4, 0.5) is 5.82 Å². The third-order valence-electron chi connectivity index (χ3n) is 4.12. The highest BCUT2D eigenvalue weighted by Crippen LogP contribution is 2.20. The minimum absolute atomic E-state index is 0.137. The molecule has 0 fully saturated rings. The topological polar surface area (TPSA) is 81.1 Å². The van der Waals surface area contributed by atoms with Crippen LogP contribution in [0.25, 0.3) is 5.69 Å². The number of hydrogen-bond donors (Lipinski definition) is 1. The monoisotopic (exact) mass is 383 g/mol. The van der Waals surface area contributed by atoms with E-state index in [1.807, 2.05) is 37.3 Å². The first-order valence-corrected chi connectivity index (χ1v) is 10.1. The Bertz CT molecular complexity index is 1070. The summed E-state index contributed by atoms with van der Waals surface area (Å²) in [6.07, 6.45) is 0. The molecule has 0 radical (unpaired) electrons. The number of para-hydroxylation sites is 1. The molecule has 0 spiro atoms. The Morgan fingerprint density at radius 2 is 1.74 bits per heavy atom. The minimum atomic E-state index is -3.45. The zero-order valence-electron chi connectivity index (χ0n) is 15.4. The van der Waals surface area contributed by atoms with Gasteiger partial charge >= 0.3 is 0 Å². The molecule has 3 aromatic rings. The van der Waals surface area contributed by atoms with Gasteiger partial charge in [-0.15, -0.1) is 0 Å². The van der Waals surface area contributed by atoms with E-state index in [0.29, 0.717) is 5.82 Å². The van der Waals surface area contributed by atoms with Crippen molar-refractivity contribution in [3.63, 3.8) is 0 Å². The summed E-state index contributed by atoms with van der Waals surface area (Å²) >= 11 is 0. The third-order valence-corrected chi connectivity index (χ3v) is 6.27. The molecular weight excluding hydrogens is 362 g/mol. The lowest BCUT2D eigenvalue weighted by Gasteiger charge is -2.11. The second-order valence-electron chi connectivity index (χ2n) is 6.49. The number of carbonyl (C=O) groups is 1. The molecule has 7 heteroatoms. The highest BCUT2D eigenvalue weighted by molar-refractivity contribution is 7.92. The summed E-state index contributed by atoms with van der Waals surface area (Å²) in [7, 11) is -3.45. The van der Waals surface area contributed by atoms with Crippen LogP contribution in [0.15, 0.2) is 65.6 Å². The molecule has 27 heavy (non-hydrogen) atoms. The quantitative estimate of drug-likeness (QED) is 0.730. The number of aryl methyl sites for hydroxylation is 1. The van der Waals surface area contributed by atoms with Crippen molar-refractivity contribution in [2.24, 2.45) is 0 Å². The van der Waals surface area contributed by atoms with Gasteiger partial charge in [-0.1, -0.05) is 24.3 Å². The molecule has 1 heterocycles. The predicted molar refractivity (Wildman–Crippen MR) is 105 cm³/mol. The average Bonchev–Trinajstić information content (AvgIpc) is 3.02. The minimum Gasteiger partial charge on any atom is -0.306 e. The van der Waals surface area contributed by atoms with Crippen LogP contribution in [0.1, 0.15) is 29.9 Å². The van der Waals surface area contributed by atoms with E-state index in [2.05, 4.69) is 10.4 Å². The van der Waals surface area contributed by atoms with Gasteiger partial charge in [0.05, 0.1) is 21.5 Å². The van der Waals surface area contributed by atoms with Crippen molar-refractivity contribution in [2.75, 3.05) is 5.32 Å². The van der Waals surface area contributed by atoms with Gasteiger partial charge in [0.15, 0.2) is 9.84 Å². The van der Waals surface area contributed by atoms with Crippen molar-refractivity contribution in [3.8, 4) is 5.69 Å². The van der Waals surface area contributed by atoms with Gasteiger partial charge in [0.2, 0.25) is 0 Å². The lowest BCUT2D eigenvalue weighted by Crippen LogP contribution is -2.17. The van der Waals surface area contributed by atoms with E-state index in [4.69, 9.17) is 0 Å². The molecule has 1 aromatic heterocycles. The van der Waals surface area contributed by atoms with E-state index < -0.39 is 21.0 Å². The summed E-state index contributed by atoms with van der Waals surface area (Å²) in [5.74, 6) is 0.119. The Hall–Kier alpha value is -2.93. The van der Waals surface area contributed by atoms with Gasteiger partial charge in [0.1, 0.15) is 5.82 Å². The molecule has 0 unspecified atom stereocenters. The number of carbonyl (C=O) groups excluding carboxylic acids is 1. The van der Waals surface area contributed by atoms with Crippen LogP contribution < -0.4 is 5.32 Å². The number of sulfone groups is 1. The number of nitrogens with one attached hydrogen (secondary N) is 1. The van der Waals surface area contributed by atoms with Crippen molar-refractivity contribution in [1.82, 2.24) is 9.78 Å². The molecule has 0 aliphatic carbocycles. The van der Waals surface area contributed by atoms with Crippen molar-refractivity contribution >= 4 is 21.6 Å². The first-order valence-electron chi connectivity index (χ1n) is 8.56. The fraction of sp³-hybridized carbons (Fsp3) is 0.200. The normalized spacial score (nSPS) is 11.6. The van der Waals surface area contributed by atoms with Gasteiger partial charge in [-0.3, -0.25) is 4.79 Å². The number of amides is 1. The molecule has 0 aliphatic rings. The molecule has 0 aliphatic heterocycles. The Morgan fingerprint density at radius 3 is 2.41 bits per heavy atom. The highest BCUT2D eigenvalue weighted by atomic mass is 32.2. The molecule has 2 aromatic carbocycles. The maximum atomic E-state index is 12.7. The summed E-state index contributed by atoms with van der Waals surface area (Å²) in [6, 6.07) is 17.3. The average molecular weight is 383 g/mol. The Kier molecular flexibility index (Phi) is 5.14. The lowest BCUT2D eigenvalue weighted by atomic mass is 10.2. The fourth-order valence-electron chi connectivity index (χ4n) is 2.63. The van der Waals surface area contributed by atoms with E-state index in [0.717, 1.165) is 11.4 Å². The Labute approximate surface area is 158 Å². The van der Waals surface area contributed by atoms with Gasteiger partial charge in [-0.2, -0.15) is 5.10 Å². The van der Waals surface area contributed by atoms with E-state index in [1.54, 1.807) is 36.7 Å². The summed E-state index contributed by atoms with van der Waals surface area (Å²) in [5, 5.41) is 6.68. The van der Waals surface area contributed by atoms with Gasteiger partial charge in [0.25, 0.3) is 5.91 Å². The van der Waals surface area contributed by atoms with Crippen LogP contribution in [0.2, 0.25) is 0 Å². The summed E-state index contributed by atoms with van der Waals surface area (Å²) in [6.45, 7) is 5.07. The molecule has 0 atom stereocenters. The van der Waals surface area contributed by atoms with Crippen molar-refractivity contribution in [2.45, 2.75) is 30.9 Å². The first-order chi connectivity index (χ1) is 12.8. The van der Waals surface area contributed by atoms with E-state index in [1.165, 1.54) is 12.1 Å². The van der Waals surface area contributed by atoms with Crippen LogP contribution >= 0.6 is 0 Å². The van der Waals surface area contributed by atoms with Crippen LogP contribution in [0.3, 0.4) is 0 Å². The molecule has 140 valence electrons. The molecule has 0 saturated heterocycles. The fourth-order valence-corrected chi connectivity index (χ4v) is 3.73. The van der Waals surface area contributed by atoms with Crippen molar-refractivity contribution in [3.05, 3.63) is 71.9 Å². The van der Waals surface area contributed by atoms with E-state index in [-0.39, 0.29) is 10.5 Å². The van der Waals surface area contributed by atoms with Crippen molar-refractivity contribution in [1.29, 1.82) is 0 Å². The highest BCUT2D eigenvalue weighted by Gasteiger charge is 2.21. The number of hydrogen-bond acceptors (Lipinski definition) is 4. The first kappa shape index (κ1) is 18.8. The largest absolute Gasteiger partial charge is 0.306 e. The van der Waals surface area contributed by atoms with E-state index in [9.17, 15) is 13.2 Å². The molecule has 1 amide bonds. The zero-order valence-corrected chi connectivity index (χ0v) is 16.2. The van der Waals surface area contributed by atoms with E-state index >= 15 is 0 Å². The van der Waals surface area contributed by atoms with Gasteiger partial charge < -0.3 is 5.32 Å². The van der Waals surface area contributed by atoms with Crippen LogP contribution in [-0.2, 0) is 9.84 Å². The molecule has 0 bridgehead atoms. The second kappa shape index (κ2) is 7.36. The number of aromatic nitrogens is 2. The Balaban J connectivity index is 1.92. The maximum Gasteiger partial charge on any atom is 0.256 e. The Morgan fingerprint density at radius 1 is 1.04 bits per heavy atom. The summed E-state index contributed by atoms with van der Waals surface area (Å²) < 4.78 is 26.4. The van der Waals surface area contributed by atoms with Gasteiger partial charge in [0, 0.05) is 11.6 Å². The second-order valence-corrected chi connectivity index (χ2v) is 9.00. The number of anilines is 1. The SMILES string of the molecule is Cc1cc(NC(=O)c2cccc(S(=O)(=O)C(C)C)c2)n(-c2ccccc2)n1. The van der Waals surface area contributed by atoms with Crippen molar-refractivity contribution < 1.29 is 13.2 Å². The smallest absolute Gasteiger partial charge is 0.256 e. The van der Waals surface area contributed by atoms with Crippen LogP contribution in [-0.4, -0.2) is 29.4 Å². The molecule has 3 rings (SSSR count). The lowest BCUT2D eigenvalue weighted by molar-refractivity contribution is 0.102. The van der Waals surface area contributed by atoms with Gasteiger partial charge in [-0.25, -0.2) is 13.1 Å². The summed E-state index contributed by atoms with van der Waals surface area (Å²) in [5.41, 5.74) is 1.84. The number of rotatable bonds is 5. The molecule has 0 saturated carbocycles. The third kappa shape index (κ3) is 3.93. The number of benzene rings is 2.